The third kappa shape index (κ3) is 4.29. The van der Waals surface area contributed by atoms with Gasteiger partial charge in [0.1, 0.15) is 5.82 Å². The van der Waals surface area contributed by atoms with Crippen molar-refractivity contribution in [3.63, 3.8) is 0 Å². The summed E-state index contributed by atoms with van der Waals surface area (Å²) in [6, 6.07) is 2.97. The van der Waals surface area contributed by atoms with E-state index in [0.717, 1.165) is 18.2 Å². The van der Waals surface area contributed by atoms with Crippen molar-refractivity contribution in [2.24, 2.45) is 17.0 Å². The zero-order valence-electron chi connectivity index (χ0n) is 11.0. The standard InChI is InChI=1S/C12H17FN2O3S/c1-7(2)8(3)12(16)15-10-4-9(13)5-11(6-10)19(14,17)18/h4-8H,1-3H3,(H,15,16)(H2,14,17,18). The van der Waals surface area contributed by atoms with Crippen LogP contribution in [-0.4, -0.2) is 14.3 Å². The molecule has 1 aromatic rings. The second kappa shape index (κ2) is 5.66. The monoisotopic (exact) mass is 288 g/mol. The number of nitrogens with two attached hydrogens (primary N) is 1. The maximum atomic E-state index is 13.3. The van der Waals surface area contributed by atoms with Crippen molar-refractivity contribution in [3.05, 3.63) is 24.0 Å². The van der Waals surface area contributed by atoms with E-state index in [4.69, 9.17) is 5.14 Å². The van der Waals surface area contributed by atoms with Crippen molar-refractivity contribution in [1.29, 1.82) is 0 Å². The Morgan fingerprint density at radius 2 is 1.84 bits per heavy atom. The Labute approximate surface area is 112 Å². The number of hydrogen-bond acceptors (Lipinski definition) is 3. The molecule has 5 nitrogen and oxygen atoms in total. The van der Waals surface area contributed by atoms with E-state index in [9.17, 15) is 17.6 Å². The first-order valence-electron chi connectivity index (χ1n) is 5.75. The summed E-state index contributed by atoms with van der Waals surface area (Å²) in [6.07, 6.45) is 0. The van der Waals surface area contributed by atoms with Gasteiger partial charge >= 0.3 is 0 Å². The molecule has 0 aliphatic heterocycles. The maximum absolute atomic E-state index is 13.3. The van der Waals surface area contributed by atoms with Crippen molar-refractivity contribution in [3.8, 4) is 0 Å². The number of nitrogens with one attached hydrogen (secondary N) is 1. The van der Waals surface area contributed by atoms with Gasteiger partial charge in [-0.3, -0.25) is 4.79 Å². The molecule has 19 heavy (non-hydrogen) atoms. The van der Waals surface area contributed by atoms with Crippen molar-refractivity contribution in [2.45, 2.75) is 25.7 Å². The highest BCUT2D eigenvalue weighted by molar-refractivity contribution is 7.89. The molecule has 106 valence electrons. The Kier molecular flexibility index (Phi) is 4.65. The summed E-state index contributed by atoms with van der Waals surface area (Å²) >= 11 is 0. The molecular formula is C12H17FN2O3S. The van der Waals surface area contributed by atoms with Crippen LogP contribution in [0.5, 0.6) is 0 Å². The molecule has 0 aromatic heterocycles. The minimum atomic E-state index is -4.01. The van der Waals surface area contributed by atoms with Gasteiger partial charge < -0.3 is 5.32 Å². The average Bonchev–Trinajstić information content (AvgIpc) is 2.25. The molecule has 1 atom stereocenters. The van der Waals surface area contributed by atoms with E-state index in [0.29, 0.717) is 0 Å². The molecule has 1 rings (SSSR count). The van der Waals surface area contributed by atoms with Gasteiger partial charge in [0, 0.05) is 11.6 Å². The fourth-order valence-corrected chi connectivity index (χ4v) is 1.93. The molecule has 0 fully saturated rings. The number of anilines is 1. The molecule has 0 bridgehead atoms. The number of rotatable bonds is 4. The molecule has 0 heterocycles. The Morgan fingerprint density at radius 1 is 1.26 bits per heavy atom. The molecule has 1 aromatic carbocycles. The SMILES string of the molecule is CC(C)C(C)C(=O)Nc1cc(F)cc(S(N)(=O)=O)c1. The molecule has 0 spiro atoms. The first-order valence-corrected chi connectivity index (χ1v) is 7.30. The summed E-state index contributed by atoms with van der Waals surface area (Å²) in [5.41, 5.74) is 0.0709. The normalized spacial score (nSPS) is 13.4. The van der Waals surface area contributed by atoms with Crippen LogP contribution in [0, 0.1) is 17.7 Å². The fraction of sp³-hybridized carbons (Fsp3) is 0.417. The molecule has 7 heteroatoms. The molecule has 1 unspecified atom stereocenters. The molecule has 0 aliphatic carbocycles. The first kappa shape index (κ1) is 15.6. The number of sulfonamides is 1. The number of carbonyl (C=O) groups excluding carboxylic acids is 1. The fourth-order valence-electron chi connectivity index (χ4n) is 1.36. The second-order valence-electron chi connectivity index (χ2n) is 4.74. The summed E-state index contributed by atoms with van der Waals surface area (Å²) in [4.78, 5) is 11.4. The van der Waals surface area contributed by atoms with Gasteiger partial charge in [-0.1, -0.05) is 20.8 Å². The molecule has 0 saturated carbocycles. The molecule has 0 saturated heterocycles. The van der Waals surface area contributed by atoms with Crippen molar-refractivity contribution in [1.82, 2.24) is 0 Å². The van der Waals surface area contributed by atoms with Gasteiger partial charge in [0.15, 0.2) is 0 Å². The summed E-state index contributed by atoms with van der Waals surface area (Å²) in [7, 11) is -4.01. The van der Waals surface area contributed by atoms with E-state index >= 15 is 0 Å². The van der Waals surface area contributed by atoms with Crippen molar-refractivity contribution in [2.75, 3.05) is 5.32 Å². The van der Waals surface area contributed by atoms with E-state index in [1.807, 2.05) is 13.8 Å². The van der Waals surface area contributed by atoms with Crippen molar-refractivity contribution < 1.29 is 17.6 Å². The van der Waals surface area contributed by atoms with Gasteiger partial charge in [0.05, 0.1) is 4.90 Å². The van der Waals surface area contributed by atoms with Crippen LogP contribution in [0.4, 0.5) is 10.1 Å². The van der Waals surface area contributed by atoms with Crippen LogP contribution in [0.25, 0.3) is 0 Å². The summed E-state index contributed by atoms with van der Waals surface area (Å²) in [5.74, 6) is -1.24. The predicted octanol–water partition coefficient (Wildman–Crippen LogP) is 1.70. The molecular weight excluding hydrogens is 271 g/mol. The number of carbonyl (C=O) groups is 1. The topological polar surface area (TPSA) is 89.3 Å². The van der Waals surface area contributed by atoms with E-state index in [-0.39, 0.29) is 28.3 Å². The smallest absolute Gasteiger partial charge is 0.238 e. The van der Waals surface area contributed by atoms with Crippen LogP contribution < -0.4 is 10.5 Å². The highest BCUT2D eigenvalue weighted by atomic mass is 32.2. The summed E-state index contributed by atoms with van der Waals surface area (Å²) in [6.45, 7) is 5.50. The quantitative estimate of drug-likeness (QED) is 0.883. The van der Waals surface area contributed by atoms with E-state index in [2.05, 4.69) is 5.32 Å². The van der Waals surface area contributed by atoms with Gasteiger partial charge in [-0.25, -0.2) is 17.9 Å². The van der Waals surface area contributed by atoms with Gasteiger partial charge in [0.25, 0.3) is 0 Å². The second-order valence-corrected chi connectivity index (χ2v) is 6.30. The highest BCUT2D eigenvalue weighted by Gasteiger charge is 2.18. The van der Waals surface area contributed by atoms with E-state index < -0.39 is 15.8 Å². The van der Waals surface area contributed by atoms with E-state index in [1.54, 1.807) is 6.92 Å². The first-order chi connectivity index (χ1) is 8.61. The Bertz CT molecular complexity index is 585. The predicted molar refractivity (Wildman–Crippen MR) is 70.4 cm³/mol. The molecule has 1 amide bonds. The number of primary sulfonamides is 1. The van der Waals surface area contributed by atoms with Gasteiger partial charge in [-0.05, 0) is 24.1 Å². The van der Waals surface area contributed by atoms with Crippen LogP contribution in [0.3, 0.4) is 0 Å². The number of hydrogen-bond donors (Lipinski definition) is 2. The molecule has 0 radical (unpaired) electrons. The summed E-state index contributed by atoms with van der Waals surface area (Å²) in [5, 5.41) is 7.40. The zero-order valence-corrected chi connectivity index (χ0v) is 11.8. The average molecular weight is 288 g/mol. The summed E-state index contributed by atoms with van der Waals surface area (Å²) < 4.78 is 35.6. The lowest BCUT2D eigenvalue weighted by Crippen LogP contribution is -2.24. The van der Waals surface area contributed by atoms with Gasteiger partial charge in [0.2, 0.25) is 15.9 Å². The largest absolute Gasteiger partial charge is 0.326 e. The minimum absolute atomic E-state index is 0.0709. The Hall–Kier alpha value is -1.47. The van der Waals surface area contributed by atoms with Crippen LogP contribution >= 0.6 is 0 Å². The van der Waals surface area contributed by atoms with Gasteiger partial charge in [-0.15, -0.1) is 0 Å². The van der Waals surface area contributed by atoms with Crippen LogP contribution in [0.15, 0.2) is 23.1 Å². The van der Waals surface area contributed by atoms with Gasteiger partial charge in [-0.2, -0.15) is 0 Å². The third-order valence-electron chi connectivity index (χ3n) is 2.88. The lowest BCUT2D eigenvalue weighted by Gasteiger charge is -2.15. The molecule has 0 aliphatic rings. The molecule has 3 N–H and O–H groups in total. The lowest BCUT2D eigenvalue weighted by molar-refractivity contribution is -0.120. The van der Waals surface area contributed by atoms with Crippen LogP contribution in [-0.2, 0) is 14.8 Å². The van der Waals surface area contributed by atoms with Crippen LogP contribution in [0.1, 0.15) is 20.8 Å². The highest BCUT2D eigenvalue weighted by Crippen LogP contribution is 2.19. The number of amides is 1. The maximum Gasteiger partial charge on any atom is 0.238 e. The Morgan fingerprint density at radius 3 is 2.32 bits per heavy atom. The minimum Gasteiger partial charge on any atom is -0.326 e. The van der Waals surface area contributed by atoms with Crippen molar-refractivity contribution >= 4 is 21.6 Å². The number of benzene rings is 1. The third-order valence-corrected chi connectivity index (χ3v) is 3.77. The van der Waals surface area contributed by atoms with E-state index in [1.165, 1.54) is 0 Å². The lowest BCUT2D eigenvalue weighted by atomic mass is 9.97. The Balaban J connectivity index is 3.03. The number of halogens is 1. The zero-order chi connectivity index (χ0) is 14.8. The van der Waals surface area contributed by atoms with Crippen LogP contribution in [0.2, 0.25) is 0 Å².